The van der Waals surface area contributed by atoms with Crippen LogP contribution in [-0.4, -0.2) is 41.1 Å². The van der Waals surface area contributed by atoms with Crippen molar-refractivity contribution >= 4 is 17.9 Å². The summed E-state index contributed by atoms with van der Waals surface area (Å²) in [6.45, 7) is 2.83. The number of hydrogen-bond acceptors (Lipinski definition) is 4. The molecule has 2 rings (SSSR count). The van der Waals surface area contributed by atoms with E-state index in [4.69, 9.17) is 9.84 Å². The first-order valence-corrected chi connectivity index (χ1v) is 6.34. The SMILES string of the molecule is COc1cccc(C2(C)NC(=O)N(C(C)C(=O)O)C2=O)c1. The summed E-state index contributed by atoms with van der Waals surface area (Å²) in [7, 11) is 1.50. The first kappa shape index (κ1) is 14.8. The molecule has 1 heterocycles. The summed E-state index contributed by atoms with van der Waals surface area (Å²) < 4.78 is 5.10. The van der Waals surface area contributed by atoms with E-state index in [1.165, 1.54) is 21.0 Å². The molecule has 2 atom stereocenters. The van der Waals surface area contributed by atoms with Gasteiger partial charge < -0.3 is 15.2 Å². The predicted molar refractivity (Wildman–Crippen MR) is 72.8 cm³/mol. The Labute approximate surface area is 121 Å². The number of methoxy groups -OCH3 is 1. The number of hydrogen-bond donors (Lipinski definition) is 2. The molecule has 1 fully saturated rings. The maximum Gasteiger partial charge on any atom is 0.326 e. The molecule has 0 aromatic heterocycles. The maximum atomic E-state index is 12.5. The highest BCUT2D eigenvalue weighted by molar-refractivity contribution is 6.09. The molecule has 0 saturated carbocycles. The summed E-state index contributed by atoms with van der Waals surface area (Å²) in [4.78, 5) is 36.3. The van der Waals surface area contributed by atoms with Gasteiger partial charge in [-0.1, -0.05) is 12.1 Å². The highest BCUT2D eigenvalue weighted by Gasteiger charge is 2.51. The maximum absolute atomic E-state index is 12.5. The van der Waals surface area contributed by atoms with Gasteiger partial charge in [-0.25, -0.2) is 14.5 Å². The van der Waals surface area contributed by atoms with E-state index < -0.39 is 29.5 Å². The molecule has 1 aromatic carbocycles. The molecule has 1 aliphatic heterocycles. The van der Waals surface area contributed by atoms with E-state index in [1.54, 1.807) is 24.3 Å². The van der Waals surface area contributed by atoms with E-state index in [9.17, 15) is 14.4 Å². The van der Waals surface area contributed by atoms with Crippen molar-refractivity contribution in [3.63, 3.8) is 0 Å². The fourth-order valence-electron chi connectivity index (χ4n) is 2.25. The second-order valence-electron chi connectivity index (χ2n) is 4.98. The van der Waals surface area contributed by atoms with Gasteiger partial charge in [0.2, 0.25) is 0 Å². The highest BCUT2D eigenvalue weighted by Crippen LogP contribution is 2.31. The predicted octanol–water partition coefficient (Wildman–Crippen LogP) is 0.935. The van der Waals surface area contributed by atoms with Gasteiger partial charge in [0.25, 0.3) is 5.91 Å². The van der Waals surface area contributed by atoms with Crippen LogP contribution in [0, 0.1) is 0 Å². The lowest BCUT2D eigenvalue weighted by molar-refractivity contribution is -0.147. The Kier molecular flexibility index (Phi) is 3.59. The molecule has 1 aromatic rings. The van der Waals surface area contributed by atoms with Crippen LogP contribution in [0.2, 0.25) is 0 Å². The van der Waals surface area contributed by atoms with Crippen LogP contribution in [0.25, 0.3) is 0 Å². The number of ether oxygens (including phenoxy) is 1. The third-order valence-corrected chi connectivity index (χ3v) is 3.61. The largest absolute Gasteiger partial charge is 0.497 e. The fraction of sp³-hybridized carbons (Fsp3) is 0.357. The third-order valence-electron chi connectivity index (χ3n) is 3.61. The van der Waals surface area contributed by atoms with Gasteiger partial charge in [-0.05, 0) is 31.5 Å². The molecule has 0 spiro atoms. The normalized spacial score (nSPS) is 22.9. The van der Waals surface area contributed by atoms with Crippen molar-refractivity contribution < 1.29 is 24.2 Å². The van der Waals surface area contributed by atoms with Crippen molar-refractivity contribution in [3.8, 4) is 5.75 Å². The zero-order valence-corrected chi connectivity index (χ0v) is 11.9. The van der Waals surface area contributed by atoms with E-state index in [2.05, 4.69) is 5.32 Å². The van der Waals surface area contributed by atoms with Gasteiger partial charge in [0.05, 0.1) is 7.11 Å². The number of carboxylic acid groups (broad SMARTS) is 1. The van der Waals surface area contributed by atoms with Gasteiger partial charge >= 0.3 is 12.0 Å². The van der Waals surface area contributed by atoms with E-state index in [0.717, 1.165) is 4.90 Å². The molecule has 2 N–H and O–H groups in total. The average molecular weight is 292 g/mol. The summed E-state index contributed by atoms with van der Waals surface area (Å²) in [5.41, 5.74) is -0.782. The van der Waals surface area contributed by atoms with Crippen molar-refractivity contribution in [1.82, 2.24) is 10.2 Å². The summed E-state index contributed by atoms with van der Waals surface area (Å²) in [5, 5.41) is 11.6. The molecule has 21 heavy (non-hydrogen) atoms. The summed E-state index contributed by atoms with van der Waals surface area (Å²) in [6, 6.07) is 4.77. The zero-order valence-electron chi connectivity index (χ0n) is 11.9. The fourth-order valence-corrected chi connectivity index (χ4v) is 2.25. The Morgan fingerprint density at radius 2 is 2.10 bits per heavy atom. The van der Waals surface area contributed by atoms with E-state index in [-0.39, 0.29) is 0 Å². The molecule has 0 aliphatic carbocycles. The molecule has 2 unspecified atom stereocenters. The Balaban J connectivity index is 2.42. The molecule has 0 radical (unpaired) electrons. The van der Waals surface area contributed by atoms with Crippen LogP contribution in [0.5, 0.6) is 5.75 Å². The first-order chi connectivity index (χ1) is 9.81. The molecular formula is C14H16N2O5. The Morgan fingerprint density at radius 3 is 2.67 bits per heavy atom. The number of carbonyl (C=O) groups is 3. The molecule has 3 amide bonds. The van der Waals surface area contributed by atoms with Crippen LogP contribution in [0.3, 0.4) is 0 Å². The van der Waals surface area contributed by atoms with Crippen LogP contribution >= 0.6 is 0 Å². The molecule has 1 saturated heterocycles. The van der Waals surface area contributed by atoms with Crippen LogP contribution < -0.4 is 10.1 Å². The first-order valence-electron chi connectivity index (χ1n) is 6.34. The number of imide groups is 1. The van der Waals surface area contributed by atoms with Crippen molar-refractivity contribution in [2.24, 2.45) is 0 Å². The lowest BCUT2D eigenvalue weighted by atomic mass is 9.91. The second-order valence-corrected chi connectivity index (χ2v) is 4.98. The van der Waals surface area contributed by atoms with E-state index in [1.807, 2.05) is 0 Å². The van der Waals surface area contributed by atoms with Gasteiger partial charge in [0.15, 0.2) is 0 Å². The Hall–Kier alpha value is -2.57. The average Bonchev–Trinajstić information content (AvgIpc) is 2.69. The van der Waals surface area contributed by atoms with Crippen molar-refractivity contribution in [2.45, 2.75) is 25.4 Å². The minimum absolute atomic E-state index is 0.528. The van der Waals surface area contributed by atoms with Crippen molar-refractivity contribution in [1.29, 1.82) is 0 Å². The molecule has 7 heteroatoms. The number of aliphatic carboxylic acids is 1. The molecule has 1 aliphatic rings. The quantitative estimate of drug-likeness (QED) is 0.805. The van der Waals surface area contributed by atoms with Gasteiger partial charge in [0, 0.05) is 0 Å². The van der Waals surface area contributed by atoms with E-state index in [0.29, 0.717) is 11.3 Å². The van der Waals surface area contributed by atoms with Gasteiger partial charge in [-0.3, -0.25) is 4.79 Å². The summed E-state index contributed by atoms with van der Waals surface area (Å²) in [5.74, 6) is -1.30. The minimum Gasteiger partial charge on any atom is -0.497 e. The minimum atomic E-state index is -1.31. The number of urea groups is 1. The standard InChI is InChI=1S/C14H16N2O5/c1-8(11(17)18)16-12(19)14(2,15-13(16)20)9-5-4-6-10(7-9)21-3/h4-8H,1-3H3,(H,15,20)(H,17,18). The van der Waals surface area contributed by atoms with Crippen molar-refractivity contribution in [2.75, 3.05) is 7.11 Å². The molecule has 7 nitrogen and oxygen atoms in total. The van der Waals surface area contributed by atoms with Gasteiger partial charge in [-0.15, -0.1) is 0 Å². The summed E-state index contributed by atoms with van der Waals surface area (Å²) in [6.07, 6.45) is 0. The Morgan fingerprint density at radius 1 is 1.43 bits per heavy atom. The lowest BCUT2D eigenvalue weighted by Gasteiger charge is -2.23. The zero-order chi connectivity index (χ0) is 15.8. The monoisotopic (exact) mass is 292 g/mol. The molecule has 0 bridgehead atoms. The Bertz CT molecular complexity index is 615. The number of carbonyl (C=O) groups excluding carboxylic acids is 2. The number of nitrogens with zero attached hydrogens (tertiary/aromatic N) is 1. The second kappa shape index (κ2) is 5.08. The number of nitrogens with one attached hydrogen (secondary N) is 1. The van der Waals surface area contributed by atoms with Crippen LogP contribution in [-0.2, 0) is 15.1 Å². The van der Waals surface area contributed by atoms with Gasteiger partial charge in [0.1, 0.15) is 17.3 Å². The number of amides is 3. The van der Waals surface area contributed by atoms with Crippen LogP contribution in [0.4, 0.5) is 4.79 Å². The third kappa shape index (κ3) is 2.31. The van der Waals surface area contributed by atoms with Crippen LogP contribution in [0.15, 0.2) is 24.3 Å². The number of carboxylic acids is 1. The highest BCUT2D eigenvalue weighted by atomic mass is 16.5. The number of rotatable bonds is 4. The molecular weight excluding hydrogens is 276 g/mol. The number of benzene rings is 1. The smallest absolute Gasteiger partial charge is 0.326 e. The van der Waals surface area contributed by atoms with Crippen molar-refractivity contribution in [3.05, 3.63) is 29.8 Å². The van der Waals surface area contributed by atoms with E-state index >= 15 is 0 Å². The topological polar surface area (TPSA) is 95.9 Å². The van der Waals surface area contributed by atoms with Gasteiger partial charge in [-0.2, -0.15) is 0 Å². The lowest BCUT2D eigenvalue weighted by Crippen LogP contribution is -2.45. The van der Waals surface area contributed by atoms with Crippen LogP contribution in [0.1, 0.15) is 19.4 Å². The molecule has 112 valence electrons. The summed E-state index contributed by atoms with van der Waals surface area (Å²) >= 11 is 0.